The summed E-state index contributed by atoms with van der Waals surface area (Å²) in [5.41, 5.74) is 0.577. The number of benzene rings is 1. The zero-order valence-corrected chi connectivity index (χ0v) is 13.5. The van der Waals surface area contributed by atoms with Crippen molar-refractivity contribution in [1.82, 2.24) is 10.6 Å². The number of alkyl carbamates (subject to hydrolysis) is 1. The van der Waals surface area contributed by atoms with Crippen LogP contribution in [-0.2, 0) is 11.3 Å². The highest BCUT2D eigenvalue weighted by Gasteiger charge is 2.30. The minimum Gasteiger partial charge on any atom is -0.444 e. The normalized spacial score (nSPS) is 11.7. The highest BCUT2D eigenvalue weighted by atomic mass is 19.3. The first kappa shape index (κ1) is 18.8. The van der Waals surface area contributed by atoms with Crippen molar-refractivity contribution in [2.45, 2.75) is 38.8 Å². The molecule has 23 heavy (non-hydrogen) atoms. The molecule has 0 saturated carbocycles. The zero-order valence-electron chi connectivity index (χ0n) is 13.5. The predicted octanol–water partition coefficient (Wildman–Crippen LogP) is 2.81. The van der Waals surface area contributed by atoms with Gasteiger partial charge in [-0.3, -0.25) is 0 Å². The number of nitrogens with zero attached hydrogens (tertiary/aromatic N) is 1. The maximum absolute atomic E-state index is 13.7. The average Bonchev–Trinajstić information content (AvgIpc) is 2.44. The molecule has 1 amide bonds. The Hall–Kier alpha value is -2.20. The summed E-state index contributed by atoms with van der Waals surface area (Å²) >= 11 is 0. The summed E-state index contributed by atoms with van der Waals surface area (Å²) in [6.45, 7) is 3.83. The number of nitriles is 1. The van der Waals surface area contributed by atoms with Crippen LogP contribution in [0.1, 0.15) is 31.9 Å². The molecule has 7 heteroatoms. The van der Waals surface area contributed by atoms with Crippen LogP contribution in [0.25, 0.3) is 0 Å². The van der Waals surface area contributed by atoms with E-state index in [1.165, 1.54) is 0 Å². The van der Waals surface area contributed by atoms with Gasteiger partial charge in [-0.2, -0.15) is 5.26 Å². The maximum atomic E-state index is 13.7. The summed E-state index contributed by atoms with van der Waals surface area (Å²) in [6.07, 6.45) is -0.871. The molecule has 0 atom stereocenters. The van der Waals surface area contributed by atoms with Crippen molar-refractivity contribution in [3.8, 4) is 6.07 Å². The van der Waals surface area contributed by atoms with Crippen LogP contribution >= 0.6 is 0 Å². The third kappa shape index (κ3) is 8.12. The third-order valence-electron chi connectivity index (χ3n) is 2.69. The summed E-state index contributed by atoms with van der Waals surface area (Å²) in [6, 6.07) is 8.63. The van der Waals surface area contributed by atoms with E-state index in [1.54, 1.807) is 45.0 Å². The predicted molar refractivity (Wildman–Crippen MR) is 82.0 cm³/mol. The number of alkyl halides is 2. The Bertz CT molecular complexity index is 560. The van der Waals surface area contributed by atoms with Gasteiger partial charge < -0.3 is 15.4 Å². The monoisotopic (exact) mass is 325 g/mol. The van der Waals surface area contributed by atoms with E-state index in [0.29, 0.717) is 5.56 Å². The number of amides is 1. The first-order chi connectivity index (χ1) is 10.6. The molecule has 0 aliphatic heterocycles. The van der Waals surface area contributed by atoms with Crippen LogP contribution < -0.4 is 10.6 Å². The summed E-state index contributed by atoms with van der Waals surface area (Å²) in [7, 11) is 0. The van der Waals surface area contributed by atoms with Crippen LogP contribution in [0.3, 0.4) is 0 Å². The van der Waals surface area contributed by atoms with Gasteiger partial charge in [0.1, 0.15) is 5.60 Å². The molecule has 0 unspecified atom stereocenters. The summed E-state index contributed by atoms with van der Waals surface area (Å²) in [5, 5.41) is 13.4. The molecular formula is C16H21F2N3O2. The molecule has 1 rings (SSSR count). The van der Waals surface area contributed by atoms with Gasteiger partial charge in [0, 0.05) is 6.54 Å². The lowest BCUT2D eigenvalue weighted by molar-refractivity contribution is -0.00376. The molecule has 0 spiro atoms. The molecule has 0 bridgehead atoms. The number of hydrogen-bond donors (Lipinski definition) is 2. The van der Waals surface area contributed by atoms with Crippen LogP contribution in [0, 0.1) is 11.3 Å². The SMILES string of the molecule is CC(C)(C)OC(=O)NCC(F)(F)CNCc1ccc(C#N)cc1. The highest BCUT2D eigenvalue weighted by Crippen LogP contribution is 2.12. The van der Waals surface area contributed by atoms with E-state index in [0.717, 1.165) is 5.56 Å². The number of nitrogens with one attached hydrogen (secondary N) is 2. The van der Waals surface area contributed by atoms with E-state index >= 15 is 0 Å². The van der Waals surface area contributed by atoms with Crippen LogP contribution in [0.5, 0.6) is 0 Å². The fourth-order valence-corrected chi connectivity index (χ4v) is 1.67. The van der Waals surface area contributed by atoms with Gasteiger partial charge in [-0.05, 0) is 38.5 Å². The number of rotatable bonds is 6. The highest BCUT2D eigenvalue weighted by molar-refractivity contribution is 5.67. The van der Waals surface area contributed by atoms with Crippen LogP contribution in [0.15, 0.2) is 24.3 Å². The first-order valence-corrected chi connectivity index (χ1v) is 7.16. The lowest BCUT2D eigenvalue weighted by Crippen LogP contribution is -2.44. The molecule has 0 aliphatic rings. The Morgan fingerprint density at radius 2 is 1.83 bits per heavy atom. The van der Waals surface area contributed by atoms with Gasteiger partial charge in [-0.25, -0.2) is 13.6 Å². The fraction of sp³-hybridized carbons (Fsp3) is 0.500. The minimum absolute atomic E-state index is 0.244. The van der Waals surface area contributed by atoms with Gasteiger partial charge >= 0.3 is 6.09 Å². The molecule has 1 aromatic rings. The number of carbonyl (C=O) groups excluding carboxylic acids is 1. The summed E-state index contributed by atoms with van der Waals surface area (Å²) in [4.78, 5) is 11.3. The number of carbonyl (C=O) groups is 1. The molecule has 0 aromatic heterocycles. The smallest absolute Gasteiger partial charge is 0.407 e. The van der Waals surface area contributed by atoms with Crippen molar-refractivity contribution in [3.63, 3.8) is 0 Å². The second kappa shape index (κ2) is 7.88. The lowest BCUT2D eigenvalue weighted by Gasteiger charge is -2.22. The molecule has 5 nitrogen and oxygen atoms in total. The maximum Gasteiger partial charge on any atom is 0.407 e. The van der Waals surface area contributed by atoms with Crippen molar-refractivity contribution < 1.29 is 18.3 Å². The van der Waals surface area contributed by atoms with E-state index in [-0.39, 0.29) is 6.54 Å². The van der Waals surface area contributed by atoms with Crippen molar-refractivity contribution in [2.75, 3.05) is 13.1 Å². The van der Waals surface area contributed by atoms with Gasteiger partial charge in [0.25, 0.3) is 5.92 Å². The Morgan fingerprint density at radius 3 is 2.35 bits per heavy atom. The second-order valence-corrected chi connectivity index (χ2v) is 6.12. The largest absolute Gasteiger partial charge is 0.444 e. The topological polar surface area (TPSA) is 74.2 Å². The van der Waals surface area contributed by atoms with E-state index in [4.69, 9.17) is 10.00 Å². The van der Waals surface area contributed by atoms with E-state index < -0.39 is 30.7 Å². The Balaban J connectivity index is 2.34. The quantitative estimate of drug-likeness (QED) is 0.843. The molecule has 0 saturated heterocycles. The average molecular weight is 325 g/mol. The van der Waals surface area contributed by atoms with Crippen LogP contribution in [0.2, 0.25) is 0 Å². The molecule has 126 valence electrons. The molecule has 0 heterocycles. The molecule has 2 N–H and O–H groups in total. The Labute approximate surface area is 134 Å². The van der Waals surface area contributed by atoms with Crippen molar-refractivity contribution in [3.05, 3.63) is 35.4 Å². The van der Waals surface area contributed by atoms with E-state index in [9.17, 15) is 13.6 Å². The van der Waals surface area contributed by atoms with E-state index in [1.807, 2.05) is 6.07 Å². The van der Waals surface area contributed by atoms with Crippen LogP contribution in [0.4, 0.5) is 13.6 Å². The van der Waals surface area contributed by atoms with Crippen molar-refractivity contribution >= 4 is 6.09 Å². The van der Waals surface area contributed by atoms with Gasteiger partial charge in [0.15, 0.2) is 0 Å². The fourth-order valence-electron chi connectivity index (χ4n) is 1.67. The molecule has 0 fully saturated rings. The Kier molecular flexibility index (Phi) is 6.46. The molecule has 0 radical (unpaired) electrons. The molecular weight excluding hydrogens is 304 g/mol. The minimum atomic E-state index is -3.09. The molecule has 1 aromatic carbocycles. The molecule has 0 aliphatic carbocycles. The van der Waals surface area contributed by atoms with Gasteiger partial charge in [-0.1, -0.05) is 12.1 Å². The zero-order chi connectivity index (χ0) is 17.5. The van der Waals surface area contributed by atoms with Crippen molar-refractivity contribution in [2.24, 2.45) is 0 Å². The number of hydrogen-bond acceptors (Lipinski definition) is 4. The second-order valence-electron chi connectivity index (χ2n) is 6.12. The standard InChI is InChI=1S/C16H21F2N3O2/c1-15(2,3)23-14(22)21-11-16(17,18)10-20-9-13-6-4-12(8-19)5-7-13/h4-7,20H,9-11H2,1-3H3,(H,21,22). The third-order valence-corrected chi connectivity index (χ3v) is 2.69. The van der Waals surface area contributed by atoms with Crippen molar-refractivity contribution in [1.29, 1.82) is 5.26 Å². The van der Waals surface area contributed by atoms with Gasteiger partial charge in [0.05, 0.1) is 24.7 Å². The lowest BCUT2D eigenvalue weighted by atomic mass is 10.1. The first-order valence-electron chi connectivity index (χ1n) is 7.16. The summed E-state index contributed by atoms with van der Waals surface area (Å²) in [5.74, 6) is -3.09. The summed E-state index contributed by atoms with van der Waals surface area (Å²) < 4.78 is 32.2. The van der Waals surface area contributed by atoms with Gasteiger partial charge in [0.2, 0.25) is 0 Å². The Morgan fingerprint density at radius 1 is 1.22 bits per heavy atom. The van der Waals surface area contributed by atoms with Gasteiger partial charge in [-0.15, -0.1) is 0 Å². The van der Waals surface area contributed by atoms with Crippen LogP contribution in [-0.4, -0.2) is 30.7 Å². The van der Waals surface area contributed by atoms with E-state index in [2.05, 4.69) is 10.6 Å². The number of ether oxygens (including phenoxy) is 1. The number of halogens is 2.